The van der Waals surface area contributed by atoms with E-state index in [9.17, 15) is 4.79 Å². The van der Waals surface area contributed by atoms with Crippen molar-refractivity contribution in [1.82, 2.24) is 10.1 Å². The molecule has 7 nitrogen and oxygen atoms in total. The summed E-state index contributed by atoms with van der Waals surface area (Å²) < 4.78 is 17.0. The molecule has 7 heteroatoms. The number of amides is 1. The number of ether oxygens (including phenoxy) is 2. The molecule has 0 radical (unpaired) electrons. The molecule has 1 atom stereocenters. The van der Waals surface area contributed by atoms with Gasteiger partial charge in [0, 0.05) is 23.7 Å². The lowest BCUT2D eigenvalue weighted by Gasteiger charge is -2.14. The van der Waals surface area contributed by atoms with Crippen LogP contribution in [0, 0.1) is 6.92 Å². The van der Waals surface area contributed by atoms with Crippen LogP contribution in [0.15, 0.2) is 22.7 Å². The second kappa shape index (κ2) is 7.39. The van der Waals surface area contributed by atoms with Crippen LogP contribution in [0.2, 0.25) is 0 Å². The van der Waals surface area contributed by atoms with Crippen LogP contribution in [-0.4, -0.2) is 28.8 Å². The zero-order chi connectivity index (χ0) is 20.7. The van der Waals surface area contributed by atoms with Crippen molar-refractivity contribution in [3.63, 3.8) is 0 Å². The van der Waals surface area contributed by atoms with E-state index in [1.807, 2.05) is 39.8 Å². The second-order valence-corrected chi connectivity index (χ2v) is 7.67. The Morgan fingerprint density at radius 2 is 2.14 bits per heavy atom. The molecule has 2 aromatic heterocycles. The molecule has 0 saturated carbocycles. The van der Waals surface area contributed by atoms with Crippen molar-refractivity contribution >= 4 is 22.7 Å². The smallest absolute Gasteiger partial charge is 0.259 e. The highest BCUT2D eigenvalue weighted by Gasteiger charge is 2.24. The molecule has 0 fully saturated rings. The van der Waals surface area contributed by atoms with Gasteiger partial charge in [0.1, 0.15) is 17.6 Å². The molecule has 3 heterocycles. The number of fused-ring (bicyclic) bond motifs is 2. The third kappa shape index (κ3) is 3.52. The first kappa shape index (κ1) is 19.2. The molecule has 1 aromatic carbocycles. The van der Waals surface area contributed by atoms with Gasteiger partial charge in [-0.05, 0) is 38.8 Å². The van der Waals surface area contributed by atoms with E-state index in [2.05, 4.69) is 15.5 Å². The number of aromatic nitrogens is 2. The number of anilines is 1. The highest BCUT2D eigenvalue weighted by molar-refractivity contribution is 6.12. The van der Waals surface area contributed by atoms with E-state index < -0.39 is 0 Å². The van der Waals surface area contributed by atoms with Gasteiger partial charge in [-0.15, -0.1) is 0 Å². The SMILES string of the molecule is CCOc1cc2c(cc1NC(=O)c1cc(C(C)C)nc3onc(C)c13)OC(C)C2. The average Bonchev–Trinajstić information content (AvgIpc) is 3.22. The van der Waals surface area contributed by atoms with Gasteiger partial charge >= 0.3 is 0 Å². The molecule has 0 bridgehead atoms. The second-order valence-electron chi connectivity index (χ2n) is 7.67. The molecule has 1 unspecified atom stereocenters. The van der Waals surface area contributed by atoms with Crippen molar-refractivity contribution in [2.24, 2.45) is 0 Å². The maximum atomic E-state index is 13.3. The summed E-state index contributed by atoms with van der Waals surface area (Å²) in [5, 5.41) is 7.60. The Bertz CT molecular complexity index is 1090. The Morgan fingerprint density at radius 1 is 1.34 bits per heavy atom. The van der Waals surface area contributed by atoms with Gasteiger partial charge in [-0.2, -0.15) is 0 Å². The fourth-order valence-corrected chi connectivity index (χ4v) is 3.59. The molecule has 1 aliphatic heterocycles. The number of benzene rings is 1. The normalized spacial score (nSPS) is 15.4. The molecule has 3 aromatic rings. The van der Waals surface area contributed by atoms with Crippen LogP contribution in [0.3, 0.4) is 0 Å². The zero-order valence-corrected chi connectivity index (χ0v) is 17.3. The van der Waals surface area contributed by atoms with Crippen LogP contribution >= 0.6 is 0 Å². The number of carbonyl (C=O) groups is 1. The first-order valence-electron chi connectivity index (χ1n) is 9.92. The summed E-state index contributed by atoms with van der Waals surface area (Å²) in [7, 11) is 0. The minimum absolute atomic E-state index is 0.110. The topological polar surface area (TPSA) is 86.5 Å². The molecule has 1 amide bonds. The summed E-state index contributed by atoms with van der Waals surface area (Å²) in [6.45, 7) is 10.3. The standard InChI is InChI=1S/C22H25N3O4/c1-6-27-19-8-14-7-12(4)28-18(14)10-17(19)23-21(26)15-9-16(11(2)3)24-22-20(15)13(5)25-29-22/h8-12H,6-7H2,1-5H3,(H,23,26). The predicted octanol–water partition coefficient (Wildman–Crippen LogP) is 4.63. The predicted molar refractivity (Wildman–Crippen MR) is 110 cm³/mol. The van der Waals surface area contributed by atoms with E-state index in [-0.39, 0.29) is 17.9 Å². The monoisotopic (exact) mass is 395 g/mol. The maximum Gasteiger partial charge on any atom is 0.259 e. The fraction of sp³-hybridized carbons (Fsp3) is 0.409. The number of hydrogen-bond acceptors (Lipinski definition) is 6. The molecular weight excluding hydrogens is 370 g/mol. The molecule has 0 saturated heterocycles. The summed E-state index contributed by atoms with van der Waals surface area (Å²) in [6, 6.07) is 5.59. The minimum atomic E-state index is -0.266. The molecule has 1 aliphatic rings. The summed E-state index contributed by atoms with van der Waals surface area (Å²) >= 11 is 0. The average molecular weight is 395 g/mol. The van der Waals surface area contributed by atoms with E-state index in [1.165, 1.54) is 0 Å². The lowest BCUT2D eigenvalue weighted by Crippen LogP contribution is -2.15. The third-order valence-corrected chi connectivity index (χ3v) is 5.02. The van der Waals surface area contributed by atoms with Crippen molar-refractivity contribution in [2.45, 2.75) is 53.1 Å². The van der Waals surface area contributed by atoms with Gasteiger partial charge < -0.3 is 19.3 Å². The quantitative estimate of drug-likeness (QED) is 0.678. The van der Waals surface area contributed by atoms with Gasteiger partial charge in [0.2, 0.25) is 0 Å². The van der Waals surface area contributed by atoms with Crippen LogP contribution in [-0.2, 0) is 6.42 Å². The van der Waals surface area contributed by atoms with E-state index >= 15 is 0 Å². The van der Waals surface area contributed by atoms with Gasteiger partial charge in [0.25, 0.3) is 11.6 Å². The largest absolute Gasteiger partial charge is 0.492 e. The number of hydrogen-bond donors (Lipinski definition) is 1. The van der Waals surface area contributed by atoms with Crippen molar-refractivity contribution in [2.75, 3.05) is 11.9 Å². The summed E-state index contributed by atoms with van der Waals surface area (Å²) in [6.07, 6.45) is 0.935. The minimum Gasteiger partial charge on any atom is -0.492 e. The van der Waals surface area contributed by atoms with Crippen molar-refractivity contribution in [1.29, 1.82) is 0 Å². The molecule has 0 aliphatic carbocycles. The molecular formula is C22H25N3O4. The molecule has 152 valence electrons. The van der Waals surface area contributed by atoms with Crippen LogP contribution in [0.25, 0.3) is 11.1 Å². The summed E-state index contributed by atoms with van der Waals surface area (Å²) in [5.74, 6) is 1.29. The Hall–Kier alpha value is -3.09. The van der Waals surface area contributed by atoms with Gasteiger partial charge in [0.15, 0.2) is 0 Å². The van der Waals surface area contributed by atoms with Crippen LogP contribution in [0.5, 0.6) is 11.5 Å². The summed E-state index contributed by atoms with van der Waals surface area (Å²) in [5.41, 5.74) is 3.92. The fourth-order valence-electron chi connectivity index (χ4n) is 3.59. The molecule has 1 N–H and O–H groups in total. The first-order chi connectivity index (χ1) is 13.9. The Morgan fingerprint density at radius 3 is 2.86 bits per heavy atom. The highest BCUT2D eigenvalue weighted by Crippen LogP contribution is 2.38. The molecule has 4 rings (SSSR count). The van der Waals surface area contributed by atoms with E-state index in [0.29, 0.717) is 40.4 Å². The van der Waals surface area contributed by atoms with Gasteiger partial charge in [-0.1, -0.05) is 19.0 Å². The molecule has 0 spiro atoms. The lowest BCUT2D eigenvalue weighted by atomic mass is 10.0. The van der Waals surface area contributed by atoms with E-state index in [0.717, 1.165) is 23.4 Å². The van der Waals surface area contributed by atoms with Crippen LogP contribution in [0.4, 0.5) is 5.69 Å². The third-order valence-electron chi connectivity index (χ3n) is 5.02. The van der Waals surface area contributed by atoms with Crippen molar-refractivity contribution < 1.29 is 18.8 Å². The Kier molecular flexibility index (Phi) is 4.90. The molecule has 29 heavy (non-hydrogen) atoms. The Labute approximate surface area is 169 Å². The first-order valence-corrected chi connectivity index (χ1v) is 9.92. The van der Waals surface area contributed by atoms with Gasteiger partial charge in [-0.25, -0.2) is 4.98 Å². The number of nitrogens with one attached hydrogen (secondary N) is 1. The van der Waals surface area contributed by atoms with Gasteiger partial charge in [-0.3, -0.25) is 4.79 Å². The highest BCUT2D eigenvalue weighted by atomic mass is 16.5. The van der Waals surface area contributed by atoms with E-state index in [1.54, 1.807) is 13.0 Å². The van der Waals surface area contributed by atoms with Gasteiger partial charge in [0.05, 0.1) is 28.9 Å². The zero-order valence-electron chi connectivity index (χ0n) is 17.3. The number of pyridine rings is 1. The van der Waals surface area contributed by atoms with Crippen LogP contribution in [0.1, 0.15) is 60.9 Å². The number of rotatable bonds is 5. The van der Waals surface area contributed by atoms with E-state index in [4.69, 9.17) is 14.0 Å². The van der Waals surface area contributed by atoms with Crippen molar-refractivity contribution in [3.8, 4) is 11.5 Å². The van der Waals surface area contributed by atoms with Crippen molar-refractivity contribution in [3.05, 3.63) is 40.7 Å². The number of carbonyl (C=O) groups excluding carboxylic acids is 1. The summed E-state index contributed by atoms with van der Waals surface area (Å²) in [4.78, 5) is 17.8. The number of nitrogens with zero attached hydrogens (tertiary/aromatic N) is 2. The number of aryl methyl sites for hydroxylation is 1. The maximum absolute atomic E-state index is 13.3. The van der Waals surface area contributed by atoms with Crippen LogP contribution < -0.4 is 14.8 Å². The lowest BCUT2D eigenvalue weighted by molar-refractivity contribution is 0.102. The Balaban J connectivity index is 1.75.